The minimum atomic E-state index is -0.776. The van der Waals surface area contributed by atoms with Gasteiger partial charge in [-0.15, -0.1) is 0 Å². The molecule has 2 rings (SSSR count). The number of aliphatic carboxylic acids is 1. The topological polar surface area (TPSA) is 66.4 Å². The zero-order valence-corrected chi connectivity index (χ0v) is 13.1. The predicted octanol–water partition coefficient (Wildman–Crippen LogP) is 3.33. The summed E-state index contributed by atoms with van der Waals surface area (Å²) in [6.07, 6.45) is 2.42. The third-order valence-electron chi connectivity index (χ3n) is 3.70. The molecule has 0 heterocycles. The maximum Gasteiger partial charge on any atom is 0.306 e. The van der Waals surface area contributed by atoms with Crippen molar-refractivity contribution in [2.24, 2.45) is 11.8 Å². The SMILES string of the molecule is O=C(NCC1CCCC1C(=O)O)c1cccc(Br)c1Cl. The molecule has 1 amide bonds. The van der Waals surface area contributed by atoms with Gasteiger partial charge >= 0.3 is 5.97 Å². The molecule has 20 heavy (non-hydrogen) atoms. The van der Waals surface area contributed by atoms with E-state index in [0.717, 1.165) is 12.8 Å². The Bertz CT molecular complexity index is 535. The molecule has 1 fully saturated rings. The molecule has 0 radical (unpaired) electrons. The van der Waals surface area contributed by atoms with Gasteiger partial charge in [-0.05, 0) is 46.8 Å². The molecule has 108 valence electrons. The molecule has 0 aromatic heterocycles. The van der Waals surface area contributed by atoms with Gasteiger partial charge in [0.25, 0.3) is 5.91 Å². The molecule has 0 saturated heterocycles. The average Bonchev–Trinajstić information content (AvgIpc) is 2.87. The fourth-order valence-corrected chi connectivity index (χ4v) is 3.18. The maximum atomic E-state index is 12.1. The van der Waals surface area contributed by atoms with Gasteiger partial charge < -0.3 is 10.4 Å². The van der Waals surface area contributed by atoms with Gasteiger partial charge in [-0.3, -0.25) is 9.59 Å². The molecule has 1 aromatic carbocycles. The fourth-order valence-electron chi connectivity index (χ4n) is 2.60. The van der Waals surface area contributed by atoms with Crippen LogP contribution in [0.3, 0.4) is 0 Å². The quantitative estimate of drug-likeness (QED) is 0.865. The number of carbonyl (C=O) groups is 2. The standard InChI is InChI=1S/C14H15BrClNO3/c15-11-6-2-5-10(12(11)16)13(18)17-7-8-3-1-4-9(8)14(19)20/h2,5-6,8-9H,1,3-4,7H2,(H,17,18)(H,19,20). The van der Waals surface area contributed by atoms with Gasteiger partial charge in [-0.25, -0.2) is 0 Å². The van der Waals surface area contributed by atoms with Crippen molar-refractivity contribution in [3.8, 4) is 0 Å². The highest BCUT2D eigenvalue weighted by Gasteiger charge is 2.33. The number of carbonyl (C=O) groups excluding carboxylic acids is 1. The van der Waals surface area contributed by atoms with Crippen molar-refractivity contribution in [2.75, 3.05) is 6.54 Å². The maximum absolute atomic E-state index is 12.1. The van der Waals surface area contributed by atoms with E-state index in [1.165, 1.54) is 0 Å². The number of carboxylic acids is 1. The molecule has 1 aromatic rings. The molecule has 1 aliphatic rings. The van der Waals surface area contributed by atoms with Gasteiger partial charge in [0.05, 0.1) is 16.5 Å². The number of carboxylic acid groups (broad SMARTS) is 1. The first-order valence-electron chi connectivity index (χ1n) is 6.45. The molecule has 2 unspecified atom stereocenters. The lowest BCUT2D eigenvalue weighted by Crippen LogP contribution is -2.33. The second-order valence-corrected chi connectivity index (χ2v) is 6.18. The van der Waals surface area contributed by atoms with Crippen LogP contribution in [0.5, 0.6) is 0 Å². The molecule has 0 spiro atoms. The second-order valence-electron chi connectivity index (χ2n) is 4.95. The van der Waals surface area contributed by atoms with Crippen molar-refractivity contribution in [3.05, 3.63) is 33.3 Å². The summed E-state index contributed by atoms with van der Waals surface area (Å²) in [5, 5.41) is 12.3. The van der Waals surface area contributed by atoms with Crippen LogP contribution in [0.15, 0.2) is 22.7 Å². The second kappa shape index (κ2) is 6.59. The zero-order valence-electron chi connectivity index (χ0n) is 10.7. The van der Waals surface area contributed by atoms with Crippen LogP contribution in [-0.4, -0.2) is 23.5 Å². The van der Waals surface area contributed by atoms with Gasteiger partial charge in [-0.2, -0.15) is 0 Å². The lowest BCUT2D eigenvalue weighted by molar-refractivity contribution is -0.142. The zero-order chi connectivity index (χ0) is 14.7. The van der Waals surface area contributed by atoms with E-state index in [9.17, 15) is 9.59 Å². The minimum Gasteiger partial charge on any atom is -0.481 e. The third-order valence-corrected chi connectivity index (χ3v) is 4.99. The fraction of sp³-hybridized carbons (Fsp3) is 0.429. The van der Waals surface area contributed by atoms with Crippen LogP contribution in [0.1, 0.15) is 29.6 Å². The molecular weight excluding hydrogens is 346 g/mol. The van der Waals surface area contributed by atoms with E-state index in [4.69, 9.17) is 16.7 Å². The van der Waals surface area contributed by atoms with Gasteiger partial charge in [0.15, 0.2) is 0 Å². The van der Waals surface area contributed by atoms with Crippen molar-refractivity contribution in [3.63, 3.8) is 0 Å². The van der Waals surface area contributed by atoms with Crippen LogP contribution >= 0.6 is 27.5 Å². The highest BCUT2D eigenvalue weighted by atomic mass is 79.9. The summed E-state index contributed by atoms with van der Waals surface area (Å²) in [4.78, 5) is 23.2. The molecule has 6 heteroatoms. The van der Waals surface area contributed by atoms with E-state index >= 15 is 0 Å². The largest absolute Gasteiger partial charge is 0.481 e. The summed E-state index contributed by atoms with van der Waals surface area (Å²) in [5.74, 6) is -1.40. The molecule has 2 N–H and O–H groups in total. The van der Waals surface area contributed by atoms with E-state index < -0.39 is 5.97 Å². The summed E-state index contributed by atoms with van der Waals surface area (Å²) in [5.41, 5.74) is 0.394. The van der Waals surface area contributed by atoms with Gasteiger partial charge in [0.2, 0.25) is 0 Å². The van der Waals surface area contributed by atoms with Crippen LogP contribution in [0.2, 0.25) is 5.02 Å². The predicted molar refractivity (Wildman–Crippen MR) is 80.0 cm³/mol. The Labute approximate surface area is 130 Å². The number of rotatable bonds is 4. The Kier molecular flexibility index (Phi) is 5.05. The van der Waals surface area contributed by atoms with Crippen molar-refractivity contribution >= 4 is 39.4 Å². The minimum absolute atomic E-state index is 0.00220. The van der Waals surface area contributed by atoms with Crippen molar-refractivity contribution in [1.29, 1.82) is 0 Å². The first-order chi connectivity index (χ1) is 9.50. The first-order valence-corrected chi connectivity index (χ1v) is 7.63. The molecule has 2 atom stereocenters. The molecule has 0 aliphatic heterocycles. The van der Waals surface area contributed by atoms with E-state index in [1.54, 1.807) is 18.2 Å². The summed E-state index contributed by atoms with van der Waals surface area (Å²) < 4.78 is 0.663. The van der Waals surface area contributed by atoms with E-state index in [2.05, 4.69) is 21.2 Å². The monoisotopic (exact) mass is 359 g/mol. The number of hydrogen-bond donors (Lipinski definition) is 2. The average molecular weight is 361 g/mol. The van der Waals surface area contributed by atoms with E-state index in [1.807, 2.05) is 0 Å². The number of halogens is 2. The number of benzene rings is 1. The van der Waals surface area contributed by atoms with Gasteiger partial charge in [0.1, 0.15) is 0 Å². The van der Waals surface area contributed by atoms with Crippen molar-refractivity contribution < 1.29 is 14.7 Å². The lowest BCUT2D eigenvalue weighted by atomic mass is 9.96. The highest BCUT2D eigenvalue weighted by Crippen LogP contribution is 2.31. The Morgan fingerprint density at radius 1 is 1.40 bits per heavy atom. The molecule has 4 nitrogen and oxygen atoms in total. The molecule has 0 bridgehead atoms. The van der Waals surface area contributed by atoms with Crippen LogP contribution in [-0.2, 0) is 4.79 Å². The summed E-state index contributed by atoms with van der Waals surface area (Å²) in [6.45, 7) is 0.374. The highest BCUT2D eigenvalue weighted by molar-refractivity contribution is 9.10. The molecule has 1 saturated carbocycles. The molecular formula is C14H15BrClNO3. The van der Waals surface area contributed by atoms with Gasteiger partial charge in [0, 0.05) is 11.0 Å². The number of nitrogens with one attached hydrogen (secondary N) is 1. The lowest BCUT2D eigenvalue weighted by Gasteiger charge is -2.16. The normalized spacial score (nSPS) is 21.7. The summed E-state index contributed by atoms with van der Waals surface area (Å²) >= 11 is 9.33. The third kappa shape index (κ3) is 3.33. The summed E-state index contributed by atoms with van der Waals surface area (Å²) in [6, 6.07) is 5.14. The Morgan fingerprint density at radius 2 is 2.15 bits per heavy atom. The Balaban J connectivity index is 1.99. The molecule has 1 aliphatic carbocycles. The number of hydrogen-bond acceptors (Lipinski definition) is 2. The van der Waals surface area contributed by atoms with Crippen LogP contribution < -0.4 is 5.32 Å². The van der Waals surface area contributed by atoms with Crippen molar-refractivity contribution in [2.45, 2.75) is 19.3 Å². The Hall–Kier alpha value is -1.07. The smallest absolute Gasteiger partial charge is 0.306 e. The van der Waals surface area contributed by atoms with E-state index in [0.29, 0.717) is 28.0 Å². The van der Waals surface area contributed by atoms with Gasteiger partial charge in [-0.1, -0.05) is 24.1 Å². The number of amides is 1. The van der Waals surface area contributed by atoms with Crippen LogP contribution in [0.4, 0.5) is 0 Å². The summed E-state index contributed by atoms with van der Waals surface area (Å²) in [7, 11) is 0. The first kappa shape index (κ1) is 15.3. The van der Waals surface area contributed by atoms with Crippen LogP contribution in [0, 0.1) is 11.8 Å². The van der Waals surface area contributed by atoms with Crippen LogP contribution in [0.25, 0.3) is 0 Å². The Morgan fingerprint density at radius 3 is 2.85 bits per heavy atom. The van der Waals surface area contributed by atoms with E-state index in [-0.39, 0.29) is 17.7 Å². The van der Waals surface area contributed by atoms with Crippen molar-refractivity contribution in [1.82, 2.24) is 5.32 Å².